The highest BCUT2D eigenvalue weighted by Gasteiger charge is 2.08. The van der Waals surface area contributed by atoms with Crippen LogP contribution in [-0.4, -0.2) is 16.5 Å². The summed E-state index contributed by atoms with van der Waals surface area (Å²) in [6.07, 6.45) is 6.95. The number of nitrogen functional groups attached to an aromatic ring is 1. The number of nitrogens with zero attached hydrogens (tertiary/aromatic N) is 2. The quantitative estimate of drug-likeness (QED) is 0.695. The van der Waals surface area contributed by atoms with Gasteiger partial charge in [-0.25, -0.2) is 4.98 Å². The number of unbranched alkanes of at least 4 members (excludes halogenated alkanes) is 3. The Morgan fingerprint density at radius 3 is 2.44 bits per heavy atom. The third kappa shape index (κ3) is 4.51. The van der Waals surface area contributed by atoms with Crippen LogP contribution in [0.25, 0.3) is 0 Å². The molecular formula is C14H26N4. The molecule has 0 aromatic carbocycles. The van der Waals surface area contributed by atoms with Crippen molar-refractivity contribution < 1.29 is 0 Å². The summed E-state index contributed by atoms with van der Waals surface area (Å²) in [7, 11) is 0. The lowest BCUT2D eigenvalue weighted by Crippen LogP contribution is -2.10. The first-order valence-corrected chi connectivity index (χ1v) is 7.05. The van der Waals surface area contributed by atoms with Crippen molar-refractivity contribution in [2.75, 3.05) is 17.6 Å². The highest BCUT2D eigenvalue weighted by molar-refractivity contribution is 5.48. The zero-order valence-corrected chi connectivity index (χ0v) is 11.9. The van der Waals surface area contributed by atoms with E-state index in [2.05, 4.69) is 36.1 Å². The van der Waals surface area contributed by atoms with Gasteiger partial charge in [0.05, 0.1) is 5.69 Å². The molecule has 0 aliphatic rings. The SMILES string of the molecule is CCCCCNc1nc(N)nc(CCCC)c1C. The van der Waals surface area contributed by atoms with Gasteiger partial charge < -0.3 is 11.1 Å². The van der Waals surface area contributed by atoms with E-state index in [1.54, 1.807) is 0 Å². The molecule has 0 fully saturated rings. The minimum atomic E-state index is 0.379. The third-order valence-electron chi connectivity index (χ3n) is 3.10. The molecule has 1 aromatic heterocycles. The summed E-state index contributed by atoms with van der Waals surface area (Å²) in [6, 6.07) is 0. The number of aryl methyl sites for hydroxylation is 1. The van der Waals surface area contributed by atoms with E-state index in [0.717, 1.165) is 36.5 Å². The number of nitrogens with one attached hydrogen (secondary N) is 1. The molecule has 0 saturated carbocycles. The van der Waals surface area contributed by atoms with Crippen LogP contribution in [0.5, 0.6) is 0 Å². The number of nitrogens with two attached hydrogens (primary N) is 1. The Labute approximate surface area is 110 Å². The molecule has 4 nitrogen and oxygen atoms in total. The van der Waals surface area contributed by atoms with Crippen molar-refractivity contribution in [2.45, 2.75) is 59.3 Å². The molecule has 102 valence electrons. The summed E-state index contributed by atoms with van der Waals surface area (Å²) >= 11 is 0. The molecule has 0 aliphatic heterocycles. The second kappa shape index (κ2) is 7.90. The van der Waals surface area contributed by atoms with Gasteiger partial charge in [-0.05, 0) is 26.2 Å². The lowest BCUT2D eigenvalue weighted by Gasteiger charge is -2.12. The second-order valence-electron chi connectivity index (χ2n) is 4.74. The fourth-order valence-electron chi connectivity index (χ4n) is 1.92. The molecule has 3 N–H and O–H groups in total. The maximum Gasteiger partial charge on any atom is 0.222 e. The zero-order chi connectivity index (χ0) is 13.4. The normalized spacial score (nSPS) is 10.6. The minimum Gasteiger partial charge on any atom is -0.370 e. The van der Waals surface area contributed by atoms with E-state index in [0.29, 0.717) is 5.95 Å². The van der Waals surface area contributed by atoms with Crippen LogP contribution >= 0.6 is 0 Å². The van der Waals surface area contributed by atoms with Crippen LogP contribution in [0, 0.1) is 6.92 Å². The van der Waals surface area contributed by atoms with Crippen LogP contribution in [0.2, 0.25) is 0 Å². The summed E-state index contributed by atoms with van der Waals surface area (Å²) < 4.78 is 0. The summed E-state index contributed by atoms with van der Waals surface area (Å²) in [5.74, 6) is 1.29. The van der Waals surface area contributed by atoms with Crippen molar-refractivity contribution >= 4 is 11.8 Å². The summed E-state index contributed by atoms with van der Waals surface area (Å²) in [4.78, 5) is 8.64. The van der Waals surface area contributed by atoms with Crippen LogP contribution in [0.15, 0.2) is 0 Å². The van der Waals surface area contributed by atoms with E-state index in [-0.39, 0.29) is 0 Å². The number of anilines is 2. The highest BCUT2D eigenvalue weighted by atomic mass is 15.1. The molecule has 0 atom stereocenters. The van der Waals surface area contributed by atoms with Gasteiger partial charge in [0.1, 0.15) is 5.82 Å². The van der Waals surface area contributed by atoms with Gasteiger partial charge in [-0.2, -0.15) is 4.98 Å². The molecule has 1 rings (SSSR count). The number of aromatic nitrogens is 2. The summed E-state index contributed by atoms with van der Waals surface area (Å²) in [5.41, 5.74) is 8.00. The van der Waals surface area contributed by atoms with Gasteiger partial charge in [-0.1, -0.05) is 33.1 Å². The van der Waals surface area contributed by atoms with Gasteiger partial charge >= 0.3 is 0 Å². The van der Waals surface area contributed by atoms with Gasteiger partial charge in [0.25, 0.3) is 0 Å². The number of hydrogen-bond acceptors (Lipinski definition) is 4. The van der Waals surface area contributed by atoms with Crippen LogP contribution in [0.4, 0.5) is 11.8 Å². The van der Waals surface area contributed by atoms with Crippen molar-refractivity contribution in [1.82, 2.24) is 9.97 Å². The molecule has 0 radical (unpaired) electrons. The van der Waals surface area contributed by atoms with Crippen molar-refractivity contribution in [3.05, 3.63) is 11.3 Å². The molecule has 4 heteroatoms. The lowest BCUT2D eigenvalue weighted by atomic mass is 10.1. The Kier molecular flexibility index (Phi) is 6.47. The molecule has 0 unspecified atom stereocenters. The van der Waals surface area contributed by atoms with Crippen molar-refractivity contribution in [3.8, 4) is 0 Å². The lowest BCUT2D eigenvalue weighted by molar-refractivity contribution is 0.739. The van der Waals surface area contributed by atoms with Crippen molar-refractivity contribution in [3.63, 3.8) is 0 Å². The van der Waals surface area contributed by atoms with Crippen LogP contribution < -0.4 is 11.1 Å². The van der Waals surface area contributed by atoms with Crippen LogP contribution in [0.3, 0.4) is 0 Å². The molecule has 1 aromatic rings. The number of rotatable bonds is 8. The fourth-order valence-corrected chi connectivity index (χ4v) is 1.92. The van der Waals surface area contributed by atoms with E-state index in [1.807, 2.05) is 0 Å². The Balaban J connectivity index is 2.68. The Morgan fingerprint density at radius 2 is 1.78 bits per heavy atom. The smallest absolute Gasteiger partial charge is 0.222 e. The Hall–Kier alpha value is -1.32. The maximum atomic E-state index is 5.77. The van der Waals surface area contributed by atoms with Gasteiger partial charge in [-0.15, -0.1) is 0 Å². The van der Waals surface area contributed by atoms with Crippen LogP contribution in [-0.2, 0) is 6.42 Å². The van der Waals surface area contributed by atoms with Gasteiger partial charge in [0.2, 0.25) is 5.95 Å². The van der Waals surface area contributed by atoms with E-state index in [9.17, 15) is 0 Å². The van der Waals surface area contributed by atoms with Gasteiger partial charge in [-0.3, -0.25) is 0 Å². The van der Waals surface area contributed by atoms with E-state index >= 15 is 0 Å². The highest BCUT2D eigenvalue weighted by Crippen LogP contribution is 2.18. The predicted octanol–water partition coefficient (Wildman–Crippen LogP) is 3.31. The average molecular weight is 250 g/mol. The molecule has 0 aliphatic carbocycles. The maximum absolute atomic E-state index is 5.77. The topological polar surface area (TPSA) is 63.8 Å². The Morgan fingerprint density at radius 1 is 1.06 bits per heavy atom. The molecule has 18 heavy (non-hydrogen) atoms. The minimum absolute atomic E-state index is 0.379. The summed E-state index contributed by atoms with van der Waals surface area (Å²) in [6.45, 7) is 7.42. The van der Waals surface area contributed by atoms with E-state index < -0.39 is 0 Å². The molecule has 0 amide bonds. The van der Waals surface area contributed by atoms with Crippen LogP contribution in [0.1, 0.15) is 57.2 Å². The predicted molar refractivity (Wildman–Crippen MR) is 77.8 cm³/mol. The monoisotopic (exact) mass is 250 g/mol. The van der Waals surface area contributed by atoms with E-state index in [4.69, 9.17) is 5.73 Å². The van der Waals surface area contributed by atoms with E-state index in [1.165, 1.54) is 25.7 Å². The number of hydrogen-bond donors (Lipinski definition) is 2. The zero-order valence-electron chi connectivity index (χ0n) is 11.9. The first-order chi connectivity index (χ1) is 8.69. The van der Waals surface area contributed by atoms with Crippen molar-refractivity contribution in [1.29, 1.82) is 0 Å². The van der Waals surface area contributed by atoms with Gasteiger partial charge in [0, 0.05) is 12.1 Å². The standard InChI is InChI=1S/C14H26N4/c1-4-6-8-10-16-13-11(3)12(9-7-5-2)17-14(15)18-13/h4-10H2,1-3H3,(H3,15,16,17,18). The van der Waals surface area contributed by atoms with Crippen molar-refractivity contribution in [2.24, 2.45) is 0 Å². The first kappa shape index (κ1) is 14.7. The molecule has 0 spiro atoms. The molecular weight excluding hydrogens is 224 g/mol. The first-order valence-electron chi connectivity index (χ1n) is 7.05. The third-order valence-corrected chi connectivity index (χ3v) is 3.10. The average Bonchev–Trinajstić information content (AvgIpc) is 2.36. The second-order valence-corrected chi connectivity index (χ2v) is 4.74. The molecule has 0 bridgehead atoms. The summed E-state index contributed by atoms with van der Waals surface area (Å²) in [5, 5.41) is 3.37. The van der Waals surface area contributed by atoms with Gasteiger partial charge in [0.15, 0.2) is 0 Å². The molecule has 1 heterocycles. The fraction of sp³-hybridized carbons (Fsp3) is 0.714. The molecule has 0 saturated heterocycles. The largest absolute Gasteiger partial charge is 0.370 e. The Bertz CT molecular complexity index is 363.